The number of ketones is 1. The molecule has 0 saturated heterocycles. The van der Waals surface area contributed by atoms with Crippen LogP contribution in [0.4, 0.5) is 0 Å². The molecule has 1 saturated carbocycles. The number of Topliss-reactive ketones (excluding diaryl/α,β-unsaturated/α-hetero) is 1. The van der Waals surface area contributed by atoms with Crippen LogP contribution in [0.2, 0.25) is 0 Å². The van der Waals surface area contributed by atoms with E-state index in [1.807, 2.05) is 34.9 Å². The Morgan fingerprint density at radius 2 is 1.85 bits per heavy atom. The third-order valence-corrected chi connectivity index (χ3v) is 5.45. The van der Waals surface area contributed by atoms with Crippen molar-refractivity contribution in [2.24, 2.45) is 0 Å². The Balaban J connectivity index is 2.00. The summed E-state index contributed by atoms with van der Waals surface area (Å²) in [6.07, 6.45) is 2.81. The number of aromatic nitrogens is 1. The first-order chi connectivity index (χ1) is 12.5. The second-order valence-corrected chi connectivity index (χ2v) is 6.77. The number of benzene rings is 1. The zero-order valence-corrected chi connectivity index (χ0v) is 14.4. The van der Waals surface area contributed by atoms with E-state index >= 15 is 0 Å². The number of ether oxygens (including phenoxy) is 1. The molecule has 0 atom stereocenters. The first-order valence-electron chi connectivity index (χ1n) is 8.58. The van der Waals surface area contributed by atoms with Crippen LogP contribution >= 0.6 is 0 Å². The number of aliphatic hydroxyl groups is 1. The van der Waals surface area contributed by atoms with E-state index in [0.29, 0.717) is 24.3 Å². The largest absolute Gasteiger partial charge is 0.505 e. The number of rotatable bonds is 3. The van der Waals surface area contributed by atoms with Crippen LogP contribution in [0.1, 0.15) is 31.4 Å². The number of aliphatic carboxylic acids is 1. The van der Waals surface area contributed by atoms with Crippen LogP contribution in [0.3, 0.4) is 0 Å². The van der Waals surface area contributed by atoms with Gasteiger partial charge in [-0.05, 0) is 37.1 Å². The van der Waals surface area contributed by atoms with E-state index in [9.17, 15) is 19.8 Å². The monoisotopic (exact) mass is 353 g/mol. The number of aliphatic hydroxyl groups excluding tert-OH is 1. The minimum absolute atomic E-state index is 0.377. The number of nitrogens with zero attached hydrogens (tertiary/aromatic N) is 1. The Kier molecular flexibility index (Phi) is 3.64. The number of fused-ring (bicyclic) bond motifs is 2. The number of carbonyl (C=O) groups excluding carboxylic acids is 1. The minimum atomic E-state index is -1.38. The number of carboxylic acids is 1. The summed E-state index contributed by atoms with van der Waals surface area (Å²) in [5.74, 6) is -1.66. The fraction of sp³-hybridized carbons (Fsp3) is 0.300. The number of hydrogen-bond donors (Lipinski definition) is 2. The quantitative estimate of drug-likeness (QED) is 0.826. The van der Waals surface area contributed by atoms with Gasteiger partial charge in [-0.15, -0.1) is 0 Å². The first-order valence-corrected chi connectivity index (χ1v) is 8.58. The summed E-state index contributed by atoms with van der Waals surface area (Å²) in [6, 6.07) is 11.0. The van der Waals surface area contributed by atoms with Gasteiger partial charge in [-0.3, -0.25) is 4.79 Å². The predicted octanol–water partition coefficient (Wildman–Crippen LogP) is 3.37. The smallest absolute Gasteiger partial charge is 0.343 e. The average molecular weight is 353 g/mol. The molecule has 6 heteroatoms. The summed E-state index contributed by atoms with van der Waals surface area (Å²) < 4.78 is 7.12. The Morgan fingerprint density at radius 3 is 2.50 bits per heavy atom. The van der Waals surface area contributed by atoms with E-state index in [2.05, 4.69) is 0 Å². The van der Waals surface area contributed by atoms with Gasteiger partial charge in [0.15, 0.2) is 11.5 Å². The second kappa shape index (κ2) is 5.76. The fourth-order valence-corrected chi connectivity index (χ4v) is 4.27. The molecule has 1 aromatic heterocycles. The lowest BCUT2D eigenvalue weighted by molar-refractivity contribution is -0.136. The van der Waals surface area contributed by atoms with Gasteiger partial charge in [0, 0.05) is 11.3 Å². The number of carbonyl (C=O) groups is 2. The van der Waals surface area contributed by atoms with Crippen LogP contribution in [0.5, 0.6) is 5.75 Å². The molecule has 26 heavy (non-hydrogen) atoms. The maximum atomic E-state index is 13.1. The van der Waals surface area contributed by atoms with Gasteiger partial charge >= 0.3 is 5.97 Å². The molecule has 2 N–H and O–H groups in total. The number of carboxylic acid groups (broad SMARTS) is 1. The van der Waals surface area contributed by atoms with Crippen LogP contribution in [0.15, 0.2) is 42.0 Å². The van der Waals surface area contributed by atoms with E-state index in [0.717, 1.165) is 24.1 Å². The Hall–Kier alpha value is -3.02. The standard InChI is InChI=1S/C20H19NO5/c1-26-13-6-4-5-12(11-13)14-7-8-15-17(22)16(19(24)25)18(23)20(21(14)15)9-2-3-10-20/h4-8,11,22H,2-3,9-10H2,1H3,(H,24,25). The molecular weight excluding hydrogens is 334 g/mol. The molecule has 0 unspecified atom stereocenters. The van der Waals surface area contributed by atoms with E-state index < -0.39 is 28.6 Å². The highest BCUT2D eigenvalue weighted by molar-refractivity contribution is 6.25. The first kappa shape index (κ1) is 16.4. The van der Waals surface area contributed by atoms with E-state index in [1.54, 1.807) is 13.2 Å². The highest BCUT2D eigenvalue weighted by Crippen LogP contribution is 2.48. The van der Waals surface area contributed by atoms with Crippen molar-refractivity contribution in [1.82, 2.24) is 4.57 Å². The van der Waals surface area contributed by atoms with Crippen molar-refractivity contribution in [3.63, 3.8) is 0 Å². The molecular formula is C20H19NO5. The summed E-state index contributed by atoms with van der Waals surface area (Å²) in [5, 5.41) is 20.0. The lowest BCUT2D eigenvalue weighted by Crippen LogP contribution is -2.46. The van der Waals surface area contributed by atoms with Crippen molar-refractivity contribution in [3.8, 4) is 17.0 Å². The molecule has 2 aromatic rings. The van der Waals surface area contributed by atoms with Crippen molar-refractivity contribution in [3.05, 3.63) is 47.7 Å². The maximum absolute atomic E-state index is 13.1. The van der Waals surface area contributed by atoms with Crippen molar-refractivity contribution in [2.75, 3.05) is 7.11 Å². The average Bonchev–Trinajstić information content (AvgIpc) is 3.28. The van der Waals surface area contributed by atoms with E-state index in [4.69, 9.17) is 4.74 Å². The molecule has 1 fully saturated rings. The van der Waals surface area contributed by atoms with Gasteiger partial charge in [-0.25, -0.2) is 4.79 Å². The third-order valence-electron chi connectivity index (χ3n) is 5.45. The van der Waals surface area contributed by atoms with E-state index in [1.165, 1.54) is 0 Å². The summed E-state index contributed by atoms with van der Waals surface area (Å²) >= 11 is 0. The van der Waals surface area contributed by atoms with Gasteiger partial charge in [-0.1, -0.05) is 25.0 Å². The van der Waals surface area contributed by atoms with E-state index in [-0.39, 0.29) is 0 Å². The van der Waals surface area contributed by atoms with Crippen molar-refractivity contribution < 1.29 is 24.5 Å². The molecule has 0 amide bonds. The maximum Gasteiger partial charge on any atom is 0.343 e. The van der Waals surface area contributed by atoms with Gasteiger partial charge in [-0.2, -0.15) is 0 Å². The van der Waals surface area contributed by atoms with Gasteiger partial charge in [0.05, 0.1) is 12.8 Å². The van der Waals surface area contributed by atoms with Crippen molar-refractivity contribution in [1.29, 1.82) is 0 Å². The van der Waals surface area contributed by atoms with Crippen LogP contribution in [0.25, 0.3) is 17.0 Å². The van der Waals surface area contributed by atoms with Crippen LogP contribution in [0, 0.1) is 0 Å². The third kappa shape index (κ3) is 2.11. The highest BCUT2D eigenvalue weighted by Gasteiger charge is 2.51. The Morgan fingerprint density at radius 1 is 1.15 bits per heavy atom. The van der Waals surface area contributed by atoms with Crippen LogP contribution in [-0.4, -0.2) is 33.6 Å². The van der Waals surface area contributed by atoms with Crippen LogP contribution in [-0.2, 0) is 15.1 Å². The molecule has 0 radical (unpaired) electrons. The van der Waals surface area contributed by atoms with Crippen molar-refractivity contribution in [2.45, 2.75) is 31.2 Å². The van der Waals surface area contributed by atoms with Gasteiger partial charge in [0.1, 0.15) is 16.9 Å². The molecule has 6 nitrogen and oxygen atoms in total. The molecule has 2 heterocycles. The molecule has 0 bridgehead atoms. The van der Waals surface area contributed by atoms with Crippen molar-refractivity contribution >= 4 is 17.5 Å². The molecule has 4 rings (SSSR count). The fourth-order valence-electron chi connectivity index (χ4n) is 4.27. The molecule has 2 aliphatic rings. The highest BCUT2D eigenvalue weighted by atomic mass is 16.5. The van der Waals surface area contributed by atoms with Gasteiger partial charge < -0.3 is 19.5 Å². The summed E-state index contributed by atoms with van der Waals surface area (Å²) in [6.45, 7) is 0. The molecule has 1 aliphatic heterocycles. The van der Waals surface area contributed by atoms with Gasteiger partial charge in [0.25, 0.3) is 0 Å². The zero-order valence-electron chi connectivity index (χ0n) is 14.4. The zero-order chi connectivity index (χ0) is 18.5. The van der Waals surface area contributed by atoms with Gasteiger partial charge in [0.2, 0.25) is 0 Å². The number of methoxy groups -OCH3 is 1. The second-order valence-electron chi connectivity index (χ2n) is 6.77. The predicted molar refractivity (Wildman–Crippen MR) is 95.1 cm³/mol. The summed E-state index contributed by atoms with van der Waals surface area (Å²) in [5.41, 5.74) is 0.541. The summed E-state index contributed by atoms with van der Waals surface area (Å²) in [7, 11) is 1.59. The Bertz CT molecular complexity index is 947. The Labute approximate surface area is 150 Å². The summed E-state index contributed by atoms with van der Waals surface area (Å²) in [4.78, 5) is 24.7. The molecule has 1 aliphatic carbocycles. The lowest BCUT2D eigenvalue weighted by atomic mass is 9.82. The normalized spacial score (nSPS) is 18.3. The molecule has 1 aromatic carbocycles. The number of hydrogen-bond acceptors (Lipinski definition) is 4. The molecule has 1 spiro atoms. The lowest BCUT2D eigenvalue weighted by Gasteiger charge is -2.36. The molecule has 134 valence electrons. The SMILES string of the molecule is COc1cccc(-c2ccc3n2C2(CCCC2)C(=O)C(C(=O)O)=C3O)c1. The van der Waals surface area contributed by atoms with Crippen LogP contribution < -0.4 is 4.74 Å². The topological polar surface area (TPSA) is 88.8 Å². The minimum Gasteiger partial charge on any atom is -0.505 e.